The number of nitrogens with two attached hydrogens (primary N) is 1. The number of fused-ring (bicyclic) bond motifs is 1. The van der Waals surface area contributed by atoms with Crippen molar-refractivity contribution < 1.29 is 14.6 Å². The number of thiophene rings is 1. The van der Waals surface area contributed by atoms with E-state index >= 15 is 0 Å². The van der Waals surface area contributed by atoms with Crippen molar-refractivity contribution in [2.45, 2.75) is 38.5 Å². The third kappa shape index (κ3) is 3.49. The molecule has 5 nitrogen and oxygen atoms in total. The van der Waals surface area contributed by atoms with Gasteiger partial charge in [0, 0.05) is 4.88 Å². The van der Waals surface area contributed by atoms with Crippen molar-refractivity contribution in [1.29, 1.82) is 0 Å². The quantitative estimate of drug-likeness (QED) is 0.573. The second-order valence-electron chi connectivity index (χ2n) is 7.20. The number of nitrogen functional groups attached to an aromatic ring is 1. The molecule has 3 aromatic rings. The van der Waals surface area contributed by atoms with Gasteiger partial charge < -0.3 is 10.0 Å². The van der Waals surface area contributed by atoms with E-state index in [9.17, 15) is 5.11 Å². The SMILES string of the molecule is Nc1n(CC[NH+]2CCCCC2)c2ccccc2[n+]1CC(O)c1cccs1. The van der Waals surface area contributed by atoms with Crippen molar-refractivity contribution in [2.75, 3.05) is 25.4 Å². The number of piperidine rings is 1. The fraction of sp³-hybridized carbons (Fsp3) is 0.450. The number of rotatable bonds is 6. The van der Waals surface area contributed by atoms with Gasteiger partial charge in [-0.05, 0) is 42.8 Å². The molecular weight excluding hydrogens is 344 g/mol. The number of imidazole rings is 1. The summed E-state index contributed by atoms with van der Waals surface area (Å²) < 4.78 is 4.28. The lowest BCUT2D eigenvalue weighted by molar-refractivity contribution is -0.905. The van der Waals surface area contributed by atoms with Gasteiger partial charge in [-0.15, -0.1) is 11.3 Å². The average molecular weight is 373 g/mol. The number of quaternary nitrogens is 1. The number of nitrogens with one attached hydrogen (secondary N) is 1. The molecule has 138 valence electrons. The van der Waals surface area contributed by atoms with Crippen LogP contribution in [0.4, 0.5) is 5.95 Å². The highest BCUT2D eigenvalue weighted by molar-refractivity contribution is 7.10. The third-order valence-corrected chi connectivity index (χ3v) is 6.47. The van der Waals surface area contributed by atoms with Gasteiger partial charge in [-0.25, -0.2) is 9.13 Å². The summed E-state index contributed by atoms with van der Waals surface area (Å²) in [6.45, 7) is 5.06. The van der Waals surface area contributed by atoms with Crippen LogP contribution in [0.1, 0.15) is 30.2 Å². The summed E-state index contributed by atoms with van der Waals surface area (Å²) in [7, 11) is 0. The molecule has 0 bridgehead atoms. The fourth-order valence-corrected chi connectivity index (χ4v) is 4.76. The maximum absolute atomic E-state index is 10.6. The van der Waals surface area contributed by atoms with Crippen LogP contribution < -0.4 is 15.2 Å². The maximum Gasteiger partial charge on any atom is 0.356 e. The average Bonchev–Trinajstić information content (AvgIpc) is 3.29. The molecule has 0 amide bonds. The molecule has 1 aliphatic rings. The largest absolute Gasteiger partial charge is 0.384 e. The number of aliphatic hydroxyl groups is 1. The van der Waals surface area contributed by atoms with Crippen LogP contribution in [0.2, 0.25) is 0 Å². The van der Waals surface area contributed by atoms with Crippen LogP contribution in [0.25, 0.3) is 11.0 Å². The van der Waals surface area contributed by atoms with Crippen molar-refractivity contribution in [3.63, 3.8) is 0 Å². The van der Waals surface area contributed by atoms with Gasteiger partial charge in [0.2, 0.25) is 0 Å². The second-order valence-corrected chi connectivity index (χ2v) is 8.18. The molecule has 0 radical (unpaired) electrons. The zero-order valence-corrected chi connectivity index (χ0v) is 15.9. The van der Waals surface area contributed by atoms with Crippen LogP contribution in [-0.2, 0) is 13.1 Å². The molecule has 3 heterocycles. The Balaban J connectivity index is 1.60. The summed E-state index contributed by atoms with van der Waals surface area (Å²) in [6, 6.07) is 12.3. The summed E-state index contributed by atoms with van der Waals surface area (Å²) >= 11 is 1.58. The van der Waals surface area contributed by atoms with E-state index < -0.39 is 6.10 Å². The molecule has 2 aromatic heterocycles. The minimum atomic E-state index is -0.533. The van der Waals surface area contributed by atoms with Crippen LogP contribution in [0.15, 0.2) is 41.8 Å². The predicted octanol–water partition coefficient (Wildman–Crippen LogP) is 1.37. The Kier molecular flexibility index (Phi) is 5.24. The first-order chi connectivity index (χ1) is 12.7. The molecule has 6 heteroatoms. The van der Waals surface area contributed by atoms with Gasteiger partial charge in [-0.3, -0.25) is 5.73 Å². The number of aromatic nitrogens is 2. The van der Waals surface area contributed by atoms with E-state index in [1.807, 2.05) is 23.6 Å². The fourth-order valence-electron chi connectivity index (χ4n) is 4.06. The minimum Gasteiger partial charge on any atom is -0.384 e. The number of benzene rings is 1. The lowest BCUT2D eigenvalue weighted by Crippen LogP contribution is -3.13. The Bertz CT molecular complexity index is 852. The van der Waals surface area contributed by atoms with Gasteiger partial charge in [0.25, 0.3) is 0 Å². The number of hydrogen-bond acceptors (Lipinski definition) is 3. The second kappa shape index (κ2) is 7.78. The molecule has 1 saturated heterocycles. The van der Waals surface area contributed by atoms with E-state index in [0.717, 1.165) is 34.9 Å². The summed E-state index contributed by atoms with van der Waals surface area (Å²) in [5, 5.41) is 12.6. The predicted molar refractivity (Wildman–Crippen MR) is 105 cm³/mol. The maximum atomic E-state index is 10.6. The summed E-state index contributed by atoms with van der Waals surface area (Å²) in [4.78, 5) is 2.66. The molecule has 1 fully saturated rings. The van der Waals surface area contributed by atoms with Gasteiger partial charge in [0.1, 0.15) is 36.8 Å². The highest BCUT2D eigenvalue weighted by Crippen LogP contribution is 2.22. The van der Waals surface area contributed by atoms with E-state index in [-0.39, 0.29) is 0 Å². The number of likely N-dealkylation sites (tertiary alicyclic amines) is 1. The third-order valence-electron chi connectivity index (χ3n) is 5.49. The number of para-hydroxylation sites is 2. The Morgan fingerprint density at radius 1 is 1.15 bits per heavy atom. The van der Waals surface area contributed by atoms with Crippen molar-refractivity contribution in [3.8, 4) is 0 Å². The van der Waals surface area contributed by atoms with Crippen LogP contribution >= 0.6 is 11.3 Å². The normalized spacial score (nSPS) is 17.0. The molecule has 26 heavy (non-hydrogen) atoms. The molecule has 1 aliphatic heterocycles. The van der Waals surface area contributed by atoms with Crippen molar-refractivity contribution in [3.05, 3.63) is 46.7 Å². The molecule has 1 aromatic carbocycles. The molecule has 4 N–H and O–H groups in total. The topological polar surface area (TPSA) is 59.5 Å². The van der Waals surface area contributed by atoms with Crippen molar-refractivity contribution >= 4 is 28.3 Å². The van der Waals surface area contributed by atoms with Crippen LogP contribution in [0, 0.1) is 0 Å². The standard InChI is InChI=1S/C20H26N4OS/c21-20-23(13-12-22-10-4-1-5-11-22)16-7-2-3-8-17(16)24(20)15-18(25)19-9-6-14-26-19/h2-3,6-9,14,18,21,25H,1,4-5,10-13,15H2/p+2. The van der Waals surface area contributed by atoms with Gasteiger partial charge >= 0.3 is 5.95 Å². The first kappa shape index (κ1) is 17.5. The molecule has 1 atom stereocenters. The van der Waals surface area contributed by atoms with E-state index in [1.165, 1.54) is 32.4 Å². The Morgan fingerprint density at radius 2 is 1.96 bits per heavy atom. The Hall–Kier alpha value is -1.89. The highest BCUT2D eigenvalue weighted by atomic mass is 32.1. The van der Waals surface area contributed by atoms with Crippen LogP contribution in [-0.4, -0.2) is 29.3 Å². The summed E-state index contributed by atoms with van der Waals surface area (Å²) in [5.41, 5.74) is 8.79. The Labute approximate surface area is 158 Å². The van der Waals surface area contributed by atoms with Crippen molar-refractivity contribution in [2.24, 2.45) is 0 Å². The highest BCUT2D eigenvalue weighted by Gasteiger charge is 2.25. The Morgan fingerprint density at radius 3 is 2.73 bits per heavy atom. The molecule has 4 rings (SSSR count). The zero-order valence-electron chi connectivity index (χ0n) is 15.1. The molecule has 0 saturated carbocycles. The molecule has 1 unspecified atom stereocenters. The van der Waals surface area contributed by atoms with Gasteiger partial charge in [-0.2, -0.15) is 0 Å². The monoisotopic (exact) mass is 372 g/mol. The van der Waals surface area contributed by atoms with Gasteiger partial charge in [-0.1, -0.05) is 18.2 Å². The van der Waals surface area contributed by atoms with Gasteiger partial charge in [0.05, 0.1) is 13.1 Å². The smallest absolute Gasteiger partial charge is 0.356 e. The summed E-state index contributed by atoms with van der Waals surface area (Å²) in [6.07, 6.45) is 3.52. The van der Waals surface area contributed by atoms with Crippen LogP contribution in [0.3, 0.4) is 0 Å². The number of hydrogen-bond donors (Lipinski definition) is 3. The number of aliphatic hydroxyl groups excluding tert-OH is 1. The lowest BCUT2D eigenvalue weighted by Gasteiger charge is -2.22. The minimum absolute atomic E-state index is 0.483. The first-order valence-corrected chi connectivity index (χ1v) is 10.4. The van der Waals surface area contributed by atoms with Gasteiger partial charge in [0.15, 0.2) is 0 Å². The van der Waals surface area contributed by atoms with E-state index in [0.29, 0.717) is 6.54 Å². The molecule has 0 spiro atoms. The molecule has 0 aliphatic carbocycles. The lowest BCUT2D eigenvalue weighted by atomic mass is 10.1. The van der Waals surface area contributed by atoms with E-state index in [1.54, 1.807) is 16.2 Å². The van der Waals surface area contributed by atoms with E-state index in [4.69, 9.17) is 5.73 Å². The summed E-state index contributed by atoms with van der Waals surface area (Å²) in [5.74, 6) is 0.734. The number of nitrogens with zero attached hydrogens (tertiary/aromatic N) is 2. The zero-order chi connectivity index (χ0) is 17.9. The number of anilines is 1. The molecular formula is C20H28N4OS+2. The van der Waals surface area contributed by atoms with Crippen molar-refractivity contribution in [1.82, 2.24) is 4.57 Å². The van der Waals surface area contributed by atoms with E-state index in [2.05, 4.69) is 27.3 Å². The first-order valence-electron chi connectivity index (χ1n) is 9.55. The van der Waals surface area contributed by atoms with Crippen LogP contribution in [0.5, 0.6) is 0 Å².